The van der Waals surface area contributed by atoms with Gasteiger partial charge in [-0.2, -0.15) is 0 Å². The molecule has 136 valence electrons. The second-order valence-electron chi connectivity index (χ2n) is 5.99. The summed E-state index contributed by atoms with van der Waals surface area (Å²) in [5, 5.41) is 6.83. The van der Waals surface area contributed by atoms with Crippen molar-refractivity contribution in [1.29, 1.82) is 0 Å². The summed E-state index contributed by atoms with van der Waals surface area (Å²) in [4.78, 5) is 6.77. The minimum Gasteiger partial charge on any atom is -0.497 e. The first-order valence-electron chi connectivity index (χ1n) is 8.95. The summed E-state index contributed by atoms with van der Waals surface area (Å²) in [6.07, 6.45) is 2.33. The molecular formula is C19H34N4O. The van der Waals surface area contributed by atoms with Gasteiger partial charge in [0.05, 0.1) is 7.11 Å². The van der Waals surface area contributed by atoms with Crippen molar-refractivity contribution in [3.05, 3.63) is 29.8 Å². The fraction of sp³-hybridized carbons (Fsp3) is 0.632. The maximum absolute atomic E-state index is 5.26. The Morgan fingerprint density at radius 3 is 2.67 bits per heavy atom. The summed E-state index contributed by atoms with van der Waals surface area (Å²) >= 11 is 0. The largest absolute Gasteiger partial charge is 0.497 e. The van der Waals surface area contributed by atoms with Gasteiger partial charge in [-0.3, -0.25) is 4.99 Å². The van der Waals surface area contributed by atoms with Crippen LogP contribution in [0.2, 0.25) is 0 Å². The van der Waals surface area contributed by atoms with Crippen molar-refractivity contribution in [2.75, 3.05) is 33.8 Å². The van der Waals surface area contributed by atoms with Gasteiger partial charge in [-0.05, 0) is 57.1 Å². The molecule has 0 spiro atoms. The van der Waals surface area contributed by atoms with Gasteiger partial charge < -0.3 is 20.3 Å². The Bertz CT molecular complexity index is 486. The van der Waals surface area contributed by atoms with E-state index in [1.807, 2.05) is 25.2 Å². The molecule has 0 aromatic heterocycles. The Hall–Kier alpha value is -1.75. The summed E-state index contributed by atoms with van der Waals surface area (Å²) < 4.78 is 5.26. The number of guanidine groups is 1. The molecular weight excluding hydrogens is 300 g/mol. The van der Waals surface area contributed by atoms with Crippen molar-refractivity contribution >= 4 is 5.96 Å². The van der Waals surface area contributed by atoms with Gasteiger partial charge in [0.15, 0.2) is 5.96 Å². The summed E-state index contributed by atoms with van der Waals surface area (Å²) in [5.74, 6) is 1.72. The summed E-state index contributed by atoms with van der Waals surface area (Å²) in [5.41, 5.74) is 1.17. The average molecular weight is 335 g/mol. The van der Waals surface area contributed by atoms with Crippen molar-refractivity contribution < 1.29 is 4.74 Å². The summed E-state index contributed by atoms with van der Waals surface area (Å²) in [6.45, 7) is 10.8. The van der Waals surface area contributed by atoms with Crippen LogP contribution < -0.4 is 15.4 Å². The van der Waals surface area contributed by atoms with Crippen molar-refractivity contribution in [2.45, 2.75) is 46.2 Å². The quantitative estimate of drug-likeness (QED) is 0.510. The van der Waals surface area contributed by atoms with Crippen LogP contribution in [0.15, 0.2) is 29.3 Å². The van der Waals surface area contributed by atoms with Crippen molar-refractivity contribution in [3.63, 3.8) is 0 Å². The van der Waals surface area contributed by atoms with E-state index in [1.54, 1.807) is 7.11 Å². The fourth-order valence-electron chi connectivity index (χ4n) is 2.63. The zero-order valence-electron chi connectivity index (χ0n) is 15.9. The number of rotatable bonds is 10. The van der Waals surface area contributed by atoms with Crippen LogP contribution in [-0.2, 0) is 6.54 Å². The van der Waals surface area contributed by atoms with E-state index in [9.17, 15) is 0 Å². The van der Waals surface area contributed by atoms with Crippen LogP contribution in [0.3, 0.4) is 0 Å². The maximum Gasteiger partial charge on any atom is 0.191 e. The van der Waals surface area contributed by atoms with E-state index >= 15 is 0 Å². The number of aliphatic imine (C=N–C) groups is 1. The van der Waals surface area contributed by atoms with Gasteiger partial charge in [-0.25, -0.2) is 0 Å². The first-order chi connectivity index (χ1) is 11.6. The number of ether oxygens (including phenoxy) is 1. The summed E-state index contributed by atoms with van der Waals surface area (Å²) in [6, 6.07) is 8.47. The van der Waals surface area contributed by atoms with Crippen LogP contribution in [0.4, 0.5) is 0 Å². The zero-order chi connectivity index (χ0) is 17.8. The second-order valence-corrected chi connectivity index (χ2v) is 5.99. The molecule has 0 radical (unpaired) electrons. The molecule has 1 atom stereocenters. The van der Waals surface area contributed by atoms with Crippen molar-refractivity contribution in [1.82, 2.24) is 15.5 Å². The highest BCUT2D eigenvalue weighted by molar-refractivity contribution is 5.79. The third kappa shape index (κ3) is 7.68. The first-order valence-corrected chi connectivity index (χ1v) is 8.95. The van der Waals surface area contributed by atoms with E-state index < -0.39 is 0 Å². The highest BCUT2D eigenvalue weighted by atomic mass is 16.5. The predicted octanol–water partition coefficient (Wildman–Crippen LogP) is 2.87. The molecule has 5 heteroatoms. The lowest BCUT2D eigenvalue weighted by atomic mass is 10.2. The normalized spacial score (nSPS) is 13.0. The van der Waals surface area contributed by atoms with E-state index in [4.69, 9.17) is 4.74 Å². The second kappa shape index (κ2) is 11.7. The molecule has 0 aliphatic carbocycles. The molecule has 1 aromatic rings. The summed E-state index contributed by atoms with van der Waals surface area (Å²) in [7, 11) is 3.50. The van der Waals surface area contributed by atoms with E-state index in [1.165, 1.54) is 12.0 Å². The Labute approximate surface area is 147 Å². The molecule has 0 bridgehead atoms. The molecule has 1 unspecified atom stereocenters. The van der Waals surface area contributed by atoms with Gasteiger partial charge in [0.1, 0.15) is 5.75 Å². The lowest BCUT2D eigenvalue weighted by Gasteiger charge is -2.21. The SMILES string of the molecule is CCN(CC)CCCC(C)NC(=NC)NCc1cccc(OC)c1. The minimum atomic E-state index is 0.400. The van der Waals surface area contributed by atoms with Crippen LogP contribution in [0.5, 0.6) is 5.75 Å². The number of nitrogens with one attached hydrogen (secondary N) is 2. The molecule has 0 saturated heterocycles. The van der Waals surface area contributed by atoms with Gasteiger partial charge in [-0.15, -0.1) is 0 Å². The average Bonchev–Trinajstić information content (AvgIpc) is 2.62. The van der Waals surface area contributed by atoms with E-state index in [0.29, 0.717) is 6.04 Å². The zero-order valence-corrected chi connectivity index (χ0v) is 15.9. The van der Waals surface area contributed by atoms with Gasteiger partial charge in [0.2, 0.25) is 0 Å². The highest BCUT2D eigenvalue weighted by Gasteiger charge is 2.07. The molecule has 0 aliphatic rings. The number of hydrogen-bond acceptors (Lipinski definition) is 3. The predicted molar refractivity (Wildman–Crippen MR) is 103 cm³/mol. The van der Waals surface area contributed by atoms with E-state index in [-0.39, 0.29) is 0 Å². The molecule has 0 saturated carbocycles. The molecule has 0 amide bonds. The molecule has 0 aliphatic heterocycles. The fourth-order valence-corrected chi connectivity index (χ4v) is 2.63. The van der Waals surface area contributed by atoms with Crippen LogP contribution in [-0.4, -0.2) is 50.7 Å². The molecule has 1 aromatic carbocycles. The first kappa shape index (κ1) is 20.3. The number of benzene rings is 1. The van der Waals surface area contributed by atoms with Gasteiger partial charge in [0.25, 0.3) is 0 Å². The minimum absolute atomic E-state index is 0.400. The van der Waals surface area contributed by atoms with Gasteiger partial charge in [-0.1, -0.05) is 26.0 Å². The monoisotopic (exact) mass is 334 g/mol. The smallest absolute Gasteiger partial charge is 0.191 e. The van der Waals surface area contributed by atoms with Crippen molar-refractivity contribution in [2.24, 2.45) is 4.99 Å². The van der Waals surface area contributed by atoms with E-state index in [2.05, 4.69) is 47.4 Å². The molecule has 5 nitrogen and oxygen atoms in total. The standard InChI is InChI=1S/C19H34N4O/c1-6-23(7-2)13-9-10-16(3)22-19(20-4)21-15-17-11-8-12-18(14-17)24-5/h8,11-12,14,16H,6-7,9-10,13,15H2,1-5H3,(H2,20,21,22). The third-order valence-electron chi connectivity index (χ3n) is 4.21. The Kier molecular flexibility index (Phi) is 9.92. The molecule has 1 rings (SSSR count). The number of methoxy groups -OCH3 is 1. The number of nitrogens with zero attached hydrogens (tertiary/aromatic N) is 2. The third-order valence-corrected chi connectivity index (χ3v) is 4.21. The Morgan fingerprint density at radius 1 is 1.29 bits per heavy atom. The molecule has 0 heterocycles. The topological polar surface area (TPSA) is 48.9 Å². The van der Waals surface area contributed by atoms with Crippen LogP contribution in [0.25, 0.3) is 0 Å². The van der Waals surface area contributed by atoms with Crippen LogP contribution >= 0.6 is 0 Å². The van der Waals surface area contributed by atoms with Crippen LogP contribution in [0.1, 0.15) is 39.2 Å². The highest BCUT2D eigenvalue weighted by Crippen LogP contribution is 2.12. The van der Waals surface area contributed by atoms with Crippen LogP contribution in [0, 0.1) is 0 Å². The molecule has 24 heavy (non-hydrogen) atoms. The number of hydrogen-bond donors (Lipinski definition) is 2. The lowest BCUT2D eigenvalue weighted by Crippen LogP contribution is -2.42. The Balaban J connectivity index is 2.35. The molecule has 0 fully saturated rings. The molecule has 2 N–H and O–H groups in total. The lowest BCUT2D eigenvalue weighted by molar-refractivity contribution is 0.292. The maximum atomic E-state index is 5.26. The van der Waals surface area contributed by atoms with Gasteiger partial charge >= 0.3 is 0 Å². The van der Waals surface area contributed by atoms with E-state index in [0.717, 1.165) is 44.3 Å². The Morgan fingerprint density at radius 2 is 2.04 bits per heavy atom. The van der Waals surface area contributed by atoms with Crippen molar-refractivity contribution in [3.8, 4) is 5.75 Å². The van der Waals surface area contributed by atoms with Gasteiger partial charge in [0, 0.05) is 19.6 Å².